The van der Waals surface area contributed by atoms with E-state index in [0.717, 1.165) is 17.8 Å². The summed E-state index contributed by atoms with van der Waals surface area (Å²) in [5, 5.41) is 8.45. The Hall–Kier alpha value is -1.68. The highest BCUT2D eigenvalue weighted by Crippen LogP contribution is 2.27. The van der Waals surface area contributed by atoms with Gasteiger partial charge in [0.1, 0.15) is 5.69 Å². The zero-order chi connectivity index (χ0) is 13.5. The molecular weight excluding hydrogens is 236 g/mol. The maximum absolute atomic E-state index is 6.07. The fourth-order valence-electron chi connectivity index (χ4n) is 2.65. The van der Waals surface area contributed by atoms with E-state index in [1.54, 1.807) is 0 Å². The van der Waals surface area contributed by atoms with Crippen molar-refractivity contribution in [3.63, 3.8) is 0 Å². The van der Waals surface area contributed by atoms with Gasteiger partial charge in [-0.25, -0.2) is 4.68 Å². The maximum atomic E-state index is 6.07. The van der Waals surface area contributed by atoms with Crippen molar-refractivity contribution >= 4 is 0 Å². The molecule has 1 aliphatic carbocycles. The summed E-state index contributed by atoms with van der Waals surface area (Å²) < 4.78 is 1.87. The van der Waals surface area contributed by atoms with Crippen molar-refractivity contribution in [1.29, 1.82) is 0 Å². The Labute approximate surface area is 113 Å². The number of aryl methyl sites for hydroxylation is 1. The lowest BCUT2D eigenvalue weighted by Crippen LogP contribution is -2.29. The molecular formula is C15H20N4. The molecule has 0 bridgehead atoms. The topological polar surface area (TPSA) is 56.7 Å². The van der Waals surface area contributed by atoms with Gasteiger partial charge in [0.2, 0.25) is 0 Å². The van der Waals surface area contributed by atoms with Crippen molar-refractivity contribution in [3.8, 4) is 5.69 Å². The lowest BCUT2D eigenvalue weighted by Gasteiger charge is -2.19. The quantitative estimate of drug-likeness (QED) is 0.897. The molecule has 3 rings (SSSR count). The summed E-state index contributed by atoms with van der Waals surface area (Å²) in [6.45, 7) is 3.89. The molecule has 1 aliphatic rings. The molecule has 0 radical (unpaired) electrons. The molecule has 1 aromatic carbocycles. The zero-order valence-corrected chi connectivity index (χ0v) is 11.6. The summed E-state index contributed by atoms with van der Waals surface area (Å²) in [6.07, 6.45) is 6.80. The van der Waals surface area contributed by atoms with Crippen molar-refractivity contribution in [2.24, 2.45) is 5.73 Å². The Morgan fingerprint density at radius 3 is 2.74 bits per heavy atom. The number of fused-ring (bicyclic) bond motifs is 1. The molecule has 0 amide bonds. The number of nitrogens with zero attached hydrogens (tertiary/aromatic N) is 3. The minimum Gasteiger partial charge on any atom is -0.320 e. The molecule has 2 aromatic rings. The van der Waals surface area contributed by atoms with Gasteiger partial charge in [-0.15, -0.1) is 5.10 Å². The third-order valence-electron chi connectivity index (χ3n) is 3.77. The summed E-state index contributed by atoms with van der Waals surface area (Å²) >= 11 is 0. The number of nitrogens with two attached hydrogens (primary N) is 1. The Morgan fingerprint density at radius 1 is 1.21 bits per heavy atom. The first kappa shape index (κ1) is 12.4. The average molecular weight is 256 g/mol. The van der Waals surface area contributed by atoms with Gasteiger partial charge >= 0.3 is 0 Å². The fraction of sp³-hybridized carbons (Fsp3) is 0.467. The van der Waals surface area contributed by atoms with E-state index in [9.17, 15) is 0 Å². The minimum absolute atomic E-state index is 0.451. The molecule has 0 saturated carbocycles. The Morgan fingerprint density at radius 2 is 2.00 bits per heavy atom. The molecule has 4 nitrogen and oxygen atoms in total. The van der Waals surface area contributed by atoms with E-state index < -0.39 is 5.54 Å². The Bertz CT molecular complexity index is 592. The van der Waals surface area contributed by atoms with Crippen molar-refractivity contribution in [2.45, 2.75) is 45.1 Å². The van der Waals surface area contributed by atoms with Crippen molar-refractivity contribution in [2.75, 3.05) is 0 Å². The molecule has 19 heavy (non-hydrogen) atoms. The zero-order valence-electron chi connectivity index (χ0n) is 11.6. The van der Waals surface area contributed by atoms with E-state index in [0.29, 0.717) is 0 Å². The molecule has 2 N–H and O–H groups in total. The van der Waals surface area contributed by atoms with Gasteiger partial charge in [0.15, 0.2) is 0 Å². The predicted octanol–water partition coefficient (Wildman–Crippen LogP) is 2.34. The van der Waals surface area contributed by atoms with Crippen LogP contribution in [0.5, 0.6) is 0 Å². The molecule has 1 heterocycles. The fourth-order valence-corrected chi connectivity index (χ4v) is 2.65. The molecule has 0 saturated heterocycles. The van der Waals surface area contributed by atoms with Crippen LogP contribution in [0.1, 0.15) is 43.5 Å². The van der Waals surface area contributed by atoms with Crippen LogP contribution in [-0.2, 0) is 18.4 Å². The second-order valence-electron chi connectivity index (χ2n) is 5.89. The van der Waals surface area contributed by atoms with Gasteiger partial charge in [0.05, 0.1) is 17.4 Å². The number of hydrogen-bond acceptors (Lipinski definition) is 3. The number of benzene rings is 1. The van der Waals surface area contributed by atoms with Gasteiger partial charge in [-0.3, -0.25) is 0 Å². The van der Waals surface area contributed by atoms with Crippen LogP contribution in [0.25, 0.3) is 5.69 Å². The highest BCUT2D eigenvalue weighted by Gasteiger charge is 2.20. The molecule has 0 fully saturated rings. The van der Waals surface area contributed by atoms with Crippen LogP contribution in [0.4, 0.5) is 0 Å². The molecule has 0 spiro atoms. The van der Waals surface area contributed by atoms with E-state index >= 15 is 0 Å². The minimum atomic E-state index is -0.451. The smallest absolute Gasteiger partial charge is 0.102 e. The monoisotopic (exact) mass is 256 g/mol. The van der Waals surface area contributed by atoms with E-state index in [1.807, 2.05) is 24.7 Å². The van der Waals surface area contributed by atoms with Crippen LogP contribution in [0, 0.1) is 0 Å². The molecule has 0 unspecified atom stereocenters. The lowest BCUT2D eigenvalue weighted by atomic mass is 9.90. The highest BCUT2D eigenvalue weighted by atomic mass is 15.4. The second kappa shape index (κ2) is 4.46. The normalized spacial score (nSPS) is 15.3. The summed E-state index contributed by atoms with van der Waals surface area (Å²) in [7, 11) is 0. The third kappa shape index (κ3) is 2.28. The largest absolute Gasteiger partial charge is 0.320 e. The number of rotatable bonds is 2. The van der Waals surface area contributed by atoms with Gasteiger partial charge in [-0.1, -0.05) is 17.3 Å². The molecule has 1 aromatic heterocycles. The molecule has 4 heteroatoms. The summed E-state index contributed by atoms with van der Waals surface area (Å²) in [5.74, 6) is 0. The van der Waals surface area contributed by atoms with Gasteiger partial charge in [0.25, 0.3) is 0 Å². The van der Waals surface area contributed by atoms with Crippen LogP contribution in [0.2, 0.25) is 0 Å². The first-order valence-corrected chi connectivity index (χ1v) is 6.88. The van der Waals surface area contributed by atoms with Crippen molar-refractivity contribution < 1.29 is 0 Å². The van der Waals surface area contributed by atoms with Gasteiger partial charge in [0, 0.05) is 0 Å². The SMILES string of the molecule is CC(C)(N)c1cn(-c2cccc3c2CCCC3)nn1. The van der Waals surface area contributed by atoms with Gasteiger partial charge < -0.3 is 5.73 Å². The van der Waals surface area contributed by atoms with Crippen LogP contribution >= 0.6 is 0 Å². The van der Waals surface area contributed by atoms with E-state index in [4.69, 9.17) is 5.73 Å². The van der Waals surface area contributed by atoms with E-state index in [1.165, 1.54) is 30.4 Å². The molecule has 0 atom stereocenters. The summed E-state index contributed by atoms with van der Waals surface area (Å²) in [6, 6.07) is 6.45. The van der Waals surface area contributed by atoms with Crippen molar-refractivity contribution in [3.05, 3.63) is 41.2 Å². The second-order valence-corrected chi connectivity index (χ2v) is 5.89. The van der Waals surface area contributed by atoms with E-state index in [2.05, 4.69) is 28.5 Å². The molecule has 0 aliphatic heterocycles. The average Bonchev–Trinajstić information content (AvgIpc) is 2.87. The first-order chi connectivity index (χ1) is 9.05. The molecule has 100 valence electrons. The third-order valence-corrected chi connectivity index (χ3v) is 3.77. The lowest BCUT2D eigenvalue weighted by molar-refractivity contribution is 0.533. The van der Waals surface area contributed by atoms with Crippen LogP contribution in [0.3, 0.4) is 0 Å². The van der Waals surface area contributed by atoms with Crippen molar-refractivity contribution in [1.82, 2.24) is 15.0 Å². The van der Waals surface area contributed by atoms with Crippen LogP contribution < -0.4 is 5.73 Å². The van der Waals surface area contributed by atoms with Crippen LogP contribution in [-0.4, -0.2) is 15.0 Å². The summed E-state index contributed by atoms with van der Waals surface area (Å²) in [5.41, 5.74) is 10.5. The predicted molar refractivity (Wildman–Crippen MR) is 75.2 cm³/mol. The van der Waals surface area contributed by atoms with E-state index in [-0.39, 0.29) is 0 Å². The standard InChI is InChI=1S/C15H20N4/c1-15(2,16)14-10-19(18-17-14)13-9-5-7-11-6-3-4-8-12(11)13/h5,7,9-10H,3-4,6,8,16H2,1-2H3. The Balaban J connectivity index is 2.05. The number of aromatic nitrogens is 3. The highest BCUT2D eigenvalue weighted by molar-refractivity contribution is 5.46. The van der Waals surface area contributed by atoms with Crippen LogP contribution in [0.15, 0.2) is 24.4 Å². The van der Waals surface area contributed by atoms with Gasteiger partial charge in [-0.05, 0) is 56.7 Å². The van der Waals surface area contributed by atoms with Gasteiger partial charge in [-0.2, -0.15) is 0 Å². The summed E-state index contributed by atoms with van der Waals surface area (Å²) in [4.78, 5) is 0. The first-order valence-electron chi connectivity index (χ1n) is 6.88. The maximum Gasteiger partial charge on any atom is 0.102 e. The number of hydrogen-bond donors (Lipinski definition) is 1. The Kier molecular flexibility index (Phi) is 2.90.